The summed E-state index contributed by atoms with van der Waals surface area (Å²) in [7, 11) is 0. The minimum atomic E-state index is -0.190. The summed E-state index contributed by atoms with van der Waals surface area (Å²) in [5.41, 5.74) is 2.33. The number of anilines is 1. The van der Waals surface area contributed by atoms with Crippen LogP contribution in [0.5, 0.6) is 0 Å². The van der Waals surface area contributed by atoms with Gasteiger partial charge in [0.25, 0.3) is 0 Å². The molecule has 144 valence electrons. The molecule has 3 aromatic rings. The second kappa shape index (κ2) is 8.35. The number of carbonyl (C=O) groups excluding carboxylic acids is 1. The fourth-order valence-corrected chi connectivity index (χ4v) is 3.67. The zero-order valence-electron chi connectivity index (χ0n) is 15.6. The number of amides is 1. The SMILES string of the molecule is O=C(Nc1cccc(-n2cccn2)c1)[C@@H]1CCCN(Cc2ccccc2F)C1. The van der Waals surface area contributed by atoms with Gasteiger partial charge in [-0.1, -0.05) is 24.3 Å². The van der Waals surface area contributed by atoms with Gasteiger partial charge in [0.15, 0.2) is 0 Å². The molecule has 28 heavy (non-hydrogen) atoms. The number of nitrogens with zero attached hydrogens (tertiary/aromatic N) is 3. The van der Waals surface area contributed by atoms with Crippen LogP contribution in [-0.2, 0) is 11.3 Å². The van der Waals surface area contributed by atoms with Gasteiger partial charge in [0, 0.05) is 36.7 Å². The second-order valence-electron chi connectivity index (χ2n) is 7.16. The number of benzene rings is 2. The standard InChI is InChI=1S/C22H23FN4O/c23-21-10-2-1-6-17(21)15-26-12-4-7-18(16-26)22(28)25-19-8-3-9-20(14-19)27-13-5-11-24-27/h1-3,5-6,8-11,13-14,18H,4,7,12,15-16H2,(H,25,28)/t18-/m1/s1. The summed E-state index contributed by atoms with van der Waals surface area (Å²) in [5.74, 6) is -0.283. The van der Waals surface area contributed by atoms with Gasteiger partial charge in [-0.25, -0.2) is 9.07 Å². The van der Waals surface area contributed by atoms with Crippen molar-refractivity contribution in [1.29, 1.82) is 0 Å². The summed E-state index contributed by atoms with van der Waals surface area (Å²) in [6.45, 7) is 2.05. The van der Waals surface area contributed by atoms with E-state index in [-0.39, 0.29) is 17.6 Å². The topological polar surface area (TPSA) is 50.2 Å². The van der Waals surface area contributed by atoms with Crippen molar-refractivity contribution >= 4 is 11.6 Å². The third-order valence-corrected chi connectivity index (χ3v) is 5.11. The molecule has 4 rings (SSSR count). The first-order valence-electron chi connectivity index (χ1n) is 9.56. The molecule has 1 aliphatic heterocycles. The zero-order valence-corrected chi connectivity index (χ0v) is 15.6. The highest BCUT2D eigenvalue weighted by atomic mass is 19.1. The summed E-state index contributed by atoms with van der Waals surface area (Å²) in [6.07, 6.45) is 5.36. The van der Waals surface area contributed by atoms with E-state index < -0.39 is 0 Å². The van der Waals surface area contributed by atoms with E-state index >= 15 is 0 Å². The lowest BCUT2D eigenvalue weighted by atomic mass is 9.96. The molecule has 0 unspecified atom stereocenters. The van der Waals surface area contributed by atoms with Gasteiger partial charge >= 0.3 is 0 Å². The predicted molar refractivity (Wildman–Crippen MR) is 107 cm³/mol. The number of carbonyl (C=O) groups is 1. The van der Waals surface area contributed by atoms with Crippen molar-refractivity contribution in [1.82, 2.24) is 14.7 Å². The van der Waals surface area contributed by atoms with Crippen LogP contribution in [0, 0.1) is 11.7 Å². The van der Waals surface area contributed by atoms with Gasteiger partial charge in [-0.2, -0.15) is 5.10 Å². The first kappa shape index (κ1) is 18.4. The highest BCUT2D eigenvalue weighted by Crippen LogP contribution is 2.22. The van der Waals surface area contributed by atoms with E-state index in [0.29, 0.717) is 18.7 Å². The van der Waals surface area contributed by atoms with Crippen LogP contribution < -0.4 is 5.32 Å². The Kier molecular flexibility index (Phi) is 5.48. The summed E-state index contributed by atoms with van der Waals surface area (Å²) in [5, 5.41) is 7.25. The maximum atomic E-state index is 13.9. The number of hydrogen-bond donors (Lipinski definition) is 1. The molecule has 2 heterocycles. The van der Waals surface area contributed by atoms with E-state index in [1.54, 1.807) is 23.0 Å². The second-order valence-corrected chi connectivity index (χ2v) is 7.16. The van der Waals surface area contributed by atoms with Gasteiger partial charge in [0.05, 0.1) is 11.6 Å². The van der Waals surface area contributed by atoms with Crippen molar-refractivity contribution < 1.29 is 9.18 Å². The van der Waals surface area contributed by atoms with E-state index in [2.05, 4.69) is 15.3 Å². The van der Waals surface area contributed by atoms with E-state index in [4.69, 9.17) is 0 Å². The molecule has 0 saturated carbocycles. The quantitative estimate of drug-likeness (QED) is 0.733. The predicted octanol–water partition coefficient (Wildman–Crippen LogP) is 3.86. The van der Waals surface area contributed by atoms with Gasteiger partial charge in [0.1, 0.15) is 5.82 Å². The van der Waals surface area contributed by atoms with Crippen LogP contribution in [0.3, 0.4) is 0 Å². The van der Waals surface area contributed by atoms with Crippen molar-refractivity contribution in [2.75, 3.05) is 18.4 Å². The lowest BCUT2D eigenvalue weighted by Gasteiger charge is -2.32. The largest absolute Gasteiger partial charge is 0.326 e. The number of likely N-dealkylation sites (tertiary alicyclic amines) is 1. The first-order valence-corrected chi connectivity index (χ1v) is 9.56. The van der Waals surface area contributed by atoms with Crippen LogP contribution in [0.15, 0.2) is 67.0 Å². The van der Waals surface area contributed by atoms with Crippen molar-refractivity contribution in [3.8, 4) is 5.69 Å². The van der Waals surface area contributed by atoms with Crippen molar-refractivity contribution in [3.05, 3.63) is 78.4 Å². The molecule has 1 N–H and O–H groups in total. The molecule has 1 fully saturated rings. The van der Waals surface area contributed by atoms with Crippen molar-refractivity contribution in [2.45, 2.75) is 19.4 Å². The monoisotopic (exact) mass is 378 g/mol. The van der Waals surface area contributed by atoms with E-state index in [1.165, 1.54) is 6.07 Å². The normalized spacial score (nSPS) is 17.4. The van der Waals surface area contributed by atoms with Gasteiger partial charge < -0.3 is 5.32 Å². The van der Waals surface area contributed by atoms with Crippen LogP contribution in [0.4, 0.5) is 10.1 Å². The molecular weight excluding hydrogens is 355 g/mol. The molecule has 0 radical (unpaired) electrons. The molecule has 0 bridgehead atoms. The Bertz CT molecular complexity index is 941. The third-order valence-electron chi connectivity index (χ3n) is 5.11. The Morgan fingerprint density at radius 1 is 1.18 bits per heavy atom. The summed E-state index contributed by atoms with van der Waals surface area (Å²) >= 11 is 0. The molecule has 5 nitrogen and oxygen atoms in total. The first-order chi connectivity index (χ1) is 13.7. The Hall–Kier alpha value is -2.99. The summed E-state index contributed by atoms with van der Waals surface area (Å²) < 4.78 is 15.7. The summed E-state index contributed by atoms with van der Waals surface area (Å²) in [6, 6.07) is 16.3. The lowest BCUT2D eigenvalue weighted by Crippen LogP contribution is -2.40. The molecule has 1 saturated heterocycles. The van der Waals surface area contributed by atoms with Crippen LogP contribution in [0.2, 0.25) is 0 Å². The Morgan fingerprint density at radius 3 is 2.89 bits per heavy atom. The Labute approximate surface area is 163 Å². The molecule has 1 amide bonds. The molecular formula is C22H23FN4O. The Morgan fingerprint density at radius 2 is 2.07 bits per heavy atom. The van der Waals surface area contributed by atoms with Crippen LogP contribution in [-0.4, -0.2) is 33.7 Å². The average Bonchev–Trinajstić information content (AvgIpc) is 3.25. The van der Waals surface area contributed by atoms with Crippen LogP contribution >= 0.6 is 0 Å². The number of nitrogens with one attached hydrogen (secondary N) is 1. The molecule has 0 aliphatic carbocycles. The van der Waals surface area contributed by atoms with Gasteiger partial charge in [-0.15, -0.1) is 0 Å². The lowest BCUT2D eigenvalue weighted by molar-refractivity contribution is -0.121. The fourth-order valence-electron chi connectivity index (χ4n) is 3.67. The minimum absolute atomic E-state index is 0.0100. The summed E-state index contributed by atoms with van der Waals surface area (Å²) in [4.78, 5) is 15.0. The highest BCUT2D eigenvalue weighted by Gasteiger charge is 2.26. The average molecular weight is 378 g/mol. The maximum absolute atomic E-state index is 13.9. The molecule has 1 aliphatic rings. The third kappa shape index (κ3) is 4.28. The minimum Gasteiger partial charge on any atom is -0.326 e. The van der Waals surface area contributed by atoms with Crippen LogP contribution in [0.25, 0.3) is 5.69 Å². The number of rotatable bonds is 5. The number of aromatic nitrogens is 2. The fraction of sp³-hybridized carbons (Fsp3) is 0.273. The maximum Gasteiger partial charge on any atom is 0.228 e. The van der Waals surface area contributed by atoms with Crippen molar-refractivity contribution in [2.24, 2.45) is 5.92 Å². The molecule has 6 heteroatoms. The van der Waals surface area contributed by atoms with Crippen LogP contribution in [0.1, 0.15) is 18.4 Å². The molecule has 2 aromatic carbocycles. The van der Waals surface area contributed by atoms with E-state index in [1.807, 2.05) is 42.6 Å². The Balaban J connectivity index is 1.39. The van der Waals surface area contributed by atoms with Gasteiger partial charge in [-0.3, -0.25) is 9.69 Å². The smallest absolute Gasteiger partial charge is 0.228 e. The number of hydrogen-bond acceptors (Lipinski definition) is 3. The van der Waals surface area contributed by atoms with Gasteiger partial charge in [-0.05, 0) is 49.7 Å². The number of halogens is 1. The molecule has 1 atom stereocenters. The molecule has 1 aromatic heterocycles. The van der Waals surface area contributed by atoms with Crippen molar-refractivity contribution in [3.63, 3.8) is 0 Å². The van der Waals surface area contributed by atoms with Gasteiger partial charge in [0.2, 0.25) is 5.91 Å². The number of piperidine rings is 1. The molecule has 0 spiro atoms. The van der Waals surface area contributed by atoms with E-state index in [0.717, 1.165) is 30.8 Å². The zero-order chi connectivity index (χ0) is 19.3. The van der Waals surface area contributed by atoms with E-state index in [9.17, 15) is 9.18 Å². The highest BCUT2D eigenvalue weighted by molar-refractivity contribution is 5.93.